The van der Waals surface area contributed by atoms with Crippen LogP contribution in [0.25, 0.3) is 6.08 Å². The molecule has 0 atom stereocenters. The fraction of sp³-hybridized carbons (Fsp3) is 0.318. The number of hydrogen-bond acceptors (Lipinski definition) is 5. The van der Waals surface area contributed by atoms with Crippen molar-refractivity contribution in [3.05, 3.63) is 60.2 Å². The first-order chi connectivity index (χ1) is 13.7. The third-order valence-electron chi connectivity index (χ3n) is 4.66. The Hall–Kier alpha value is -2.99. The number of benzene rings is 2. The van der Waals surface area contributed by atoms with Crippen LogP contribution in [0.2, 0.25) is 0 Å². The minimum Gasteiger partial charge on any atom is -0.495 e. The molecule has 1 fully saturated rings. The normalized spacial score (nSPS) is 14.4. The average Bonchev–Trinajstić information content (AvgIpc) is 2.76. The number of anilines is 1. The second-order valence-corrected chi connectivity index (χ2v) is 6.44. The number of hydrogen-bond donors (Lipinski definition) is 0. The summed E-state index contributed by atoms with van der Waals surface area (Å²) < 4.78 is 15.7. The van der Waals surface area contributed by atoms with E-state index in [2.05, 4.69) is 11.0 Å². The van der Waals surface area contributed by atoms with E-state index in [9.17, 15) is 4.79 Å². The molecule has 6 heteroatoms. The van der Waals surface area contributed by atoms with Crippen LogP contribution < -0.4 is 14.4 Å². The highest BCUT2D eigenvalue weighted by atomic mass is 16.7. The number of piperazine rings is 1. The molecule has 0 aliphatic carbocycles. The molecule has 1 aliphatic heterocycles. The zero-order chi connectivity index (χ0) is 19.8. The number of nitrogens with zero attached hydrogens (tertiary/aromatic N) is 2. The zero-order valence-corrected chi connectivity index (χ0v) is 16.3. The van der Waals surface area contributed by atoms with E-state index in [-0.39, 0.29) is 12.7 Å². The van der Waals surface area contributed by atoms with Crippen LogP contribution in [0.4, 0.5) is 5.69 Å². The van der Waals surface area contributed by atoms with Gasteiger partial charge in [-0.2, -0.15) is 0 Å². The van der Waals surface area contributed by atoms with E-state index < -0.39 is 0 Å². The minimum absolute atomic E-state index is 0.0272. The van der Waals surface area contributed by atoms with E-state index >= 15 is 0 Å². The van der Waals surface area contributed by atoms with Gasteiger partial charge in [0.15, 0.2) is 6.79 Å². The minimum atomic E-state index is 0.0272. The van der Waals surface area contributed by atoms with Crippen LogP contribution in [0.15, 0.2) is 54.6 Å². The maximum absolute atomic E-state index is 12.5. The van der Waals surface area contributed by atoms with Crippen molar-refractivity contribution in [2.24, 2.45) is 0 Å². The van der Waals surface area contributed by atoms with Gasteiger partial charge in [-0.25, -0.2) is 0 Å². The summed E-state index contributed by atoms with van der Waals surface area (Å²) in [5.41, 5.74) is 2.02. The largest absolute Gasteiger partial charge is 0.495 e. The van der Waals surface area contributed by atoms with Crippen LogP contribution in [-0.4, -0.2) is 58.0 Å². The summed E-state index contributed by atoms with van der Waals surface area (Å²) in [5, 5.41) is 0. The molecule has 2 aromatic carbocycles. The lowest BCUT2D eigenvalue weighted by Crippen LogP contribution is -2.48. The van der Waals surface area contributed by atoms with Crippen molar-refractivity contribution >= 4 is 17.7 Å². The maximum atomic E-state index is 12.5. The molecule has 1 saturated heterocycles. The summed E-state index contributed by atoms with van der Waals surface area (Å²) in [6.07, 6.45) is 3.46. The Morgan fingerprint density at radius 3 is 2.39 bits per heavy atom. The molecule has 1 amide bonds. The molecule has 148 valence electrons. The first kappa shape index (κ1) is 19.8. The monoisotopic (exact) mass is 382 g/mol. The van der Waals surface area contributed by atoms with Crippen molar-refractivity contribution in [2.45, 2.75) is 0 Å². The van der Waals surface area contributed by atoms with Crippen LogP contribution in [0.3, 0.4) is 0 Å². The number of rotatable bonds is 7. The van der Waals surface area contributed by atoms with Gasteiger partial charge in [-0.1, -0.05) is 24.3 Å². The van der Waals surface area contributed by atoms with Gasteiger partial charge in [0, 0.05) is 39.4 Å². The number of methoxy groups -OCH3 is 2. The van der Waals surface area contributed by atoms with E-state index in [1.165, 1.54) is 0 Å². The van der Waals surface area contributed by atoms with Crippen molar-refractivity contribution in [3.63, 3.8) is 0 Å². The van der Waals surface area contributed by atoms with Gasteiger partial charge < -0.3 is 24.0 Å². The summed E-state index contributed by atoms with van der Waals surface area (Å²) in [5.74, 6) is 1.62. The van der Waals surface area contributed by atoms with Gasteiger partial charge in [0.05, 0.1) is 12.8 Å². The molecule has 2 aromatic rings. The SMILES string of the molecule is COCOc1ccc(/C=C/C(=O)N2CCN(c3ccccc3OC)CC2)cc1. The smallest absolute Gasteiger partial charge is 0.246 e. The Balaban J connectivity index is 1.53. The van der Waals surface area contributed by atoms with E-state index in [1.807, 2.05) is 53.4 Å². The lowest BCUT2D eigenvalue weighted by atomic mass is 10.2. The summed E-state index contributed by atoms with van der Waals surface area (Å²) >= 11 is 0. The Morgan fingerprint density at radius 2 is 1.71 bits per heavy atom. The predicted octanol–water partition coefficient (Wildman–Crippen LogP) is 3.04. The van der Waals surface area contributed by atoms with Gasteiger partial charge in [-0.15, -0.1) is 0 Å². The standard InChI is InChI=1S/C22H26N2O4/c1-26-17-28-19-10-7-18(8-11-19)9-12-22(25)24-15-13-23(14-16-24)20-5-3-4-6-21(20)27-2/h3-12H,13-17H2,1-2H3/b12-9+. The highest BCUT2D eigenvalue weighted by Gasteiger charge is 2.21. The quantitative estimate of drug-likeness (QED) is 0.544. The van der Waals surface area contributed by atoms with Crippen molar-refractivity contribution in [2.75, 3.05) is 52.1 Å². The molecular formula is C22H26N2O4. The lowest BCUT2D eigenvalue weighted by molar-refractivity contribution is -0.126. The zero-order valence-electron chi connectivity index (χ0n) is 16.3. The van der Waals surface area contributed by atoms with Gasteiger partial charge >= 0.3 is 0 Å². The fourth-order valence-corrected chi connectivity index (χ4v) is 3.13. The van der Waals surface area contributed by atoms with Crippen LogP contribution >= 0.6 is 0 Å². The second-order valence-electron chi connectivity index (χ2n) is 6.44. The summed E-state index contributed by atoms with van der Waals surface area (Å²) in [6.45, 7) is 3.15. The topological polar surface area (TPSA) is 51.2 Å². The number of para-hydroxylation sites is 2. The Bertz CT molecular complexity index is 796. The van der Waals surface area contributed by atoms with Crippen molar-refractivity contribution in [1.82, 2.24) is 4.90 Å². The maximum Gasteiger partial charge on any atom is 0.246 e. The van der Waals surface area contributed by atoms with E-state index in [0.29, 0.717) is 13.1 Å². The van der Waals surface area contributed by atoms with Gasteiger partial charge in [-0.3, -0.25) is 4.79 Å². The third kappa shape index (κ3) is 5.04. The molecule has 1 aliphatic rings. The second kappa shape index (κ2) is 9.80. The molecule has 6 nitrogen and oxygen atoms in total. The van der Waals surface area contributed by atoms with Crippen LogP contribution in [0.5, 0.6) is 11.5 Å². The first-order valence-electron chi connectivity index (χ1n) is 9.28. The number of carbonyl (C=O) groups is 1. The number of ether oxygens (including phenoxy) is 3. The van der Waals surface area contributed by atoms with E-state index in [1.54, 1.807) is 20.3 Å². The molecule has 3 rings (SSSR count). The average molecular weight is 382 g/mol. The van der Waals surface area contributed by atoms with E-state index in [4.69, 9.17) is 14.2 Å². The summed E-state index contributed by atoms with van der Waals surface area (Å²) in [6, 6.07) is 15.5. The van der Waals surface area contributed by atoms with Gasteiger partial charge in [0.1, 0.15) is 11.5 Å². The molecule has 1 heterocycles. The highest BCUT2D eigenvalue weighted by molar-refractivity contribution is 5.92. The van der Waals surface area contributed by atoms with Crippen LogP contribution in [-0.2, 0) is 9.53 Å². The van der Waals surface area contributed by atoms with Crippen molar-refractivity contribution < 1.29 is 19.0 Å². The molecule has 0 saturated carbocycles. The summed E-state index contributed by atoms with van der Waals surface area (Å²) in [7, 11) is 3.26. The Morgan fingerprint density at radius 1 is 1.00 bits per heavy atom. The first-order valence-corrected chi connectivity index (χ1v) is 9.28. The molecule has 0 bridgehead atoms. The van der Waals surface area contributed by atoms with Crippen LogP contribution in [0, 0.1) is 0 Å². The predicted molar refractivity (Wildman–Crippen MR) is 110 cm³/mol. The number of carbonyl (C=O) groups excluding carboxylic acids is 1. The molecule has 0 radical (unpaired) electrons. The van der Waals surface area contributed by atoms with Crippen LogP contribution in [0.1, 0.15) is 5.56 Å². The third-order valence-corrected chi connectivity index (χ3v) is 4.66. The molecule has 0 aromatic heterocycles. The number of amides is 1. The van der Waals surface area contributed by atoms with E-state index in [0.717, 1.165) is 35.8 Å². The van der Waals surface area contributed by atoms with Crippen molar-refractivity contribution in [1.29, 1.82) is 0 Å². The van der Waals surface area contributed by atoms with Gasteiger partial charge in [-0.05, 0) is 35.9 Å². The fourth-order valence-electron chi connectivity index (χ4n) is 3.13. The van der Waals surface area contributed by atoms with Crippen molar-refractivity contribution in [3.8, 4) is 11.5 Å². The Labute approximate surface area is 165 Å². The van der Waals surface area contributed by atoms with Gasteiger partial charge in [0.2, 0.25) is 5.91 Å². The molecule has 0 spiro atoms. The van der Waals surface area contributed by atoms with Gasteiger partial charge in [0.25, 0.3) is 0 Å². The molecule has 28 heavy (non-hydrogen) atoms. The summed E-state index contributed by atoms with van der Waals surface area (Å²) in [4.78, 5) is 16.6. The highest BCUT2D eigenvalue weighted by Crippen LogP contribution is 2.28. The molecular weight excluding hydrogens is 356 g/mol. The molecule has 0 N–H and O–H groups in total. The molecule has 0 unspecified atom stereocenters. The Kier molecular flexibility index (Phi) is 6.92. The lowest BCUT2D eigenvalue weighted by Gasteiger charge is -2.36.